The molecule has 1 nitrogen and oxygen atoms in total. The van der Waals surface area contributed by atoms with Gasteiger partial charge in [-0.2, -0.15) is 0 Å². The Labute approximate surface area is 128 Å². The lowest BCUT2D eigenvalue weighted by atomic mass is 9.86. The van der Waals surface area contributed by atoms with Gasteiger partial charge in [0.1, 0.15) is 0 Å². The predicted octanol–water partition coefficient (Wildman–Crippen LogP) is 5.84. The highest BCUT2D eigenvalue weighted by Gasteiger charge is 2.30. The normalized spacial score (nSPS) is 23.9. The highest BCUT2D eigenvalue weighted by molar-refractivity contribution is 7.12. The van der Waals surface area contributed by atoms with Gasteiger partial charge in [-0.15, -0.1) is 11.3 Å². The number of aliphatic imine (C=N–C) groups is 1. The second-order valence-corrected chi connectivity index (χ2v) is 7.58. The van der Waals surface area contributed by atoms with Crippen molar-refractivity contribution in [2.75, 3.05) is 0 Å². The molecule has 0 bridgehead atoms. The van der Waals surface area contributed by atoms with Crippen molar-refractivity contribution in [3.8, 4) is 0 Å². The fraction of sp³-hybridized carbons (Fsp3) is 0.722. The van der Waals surface area contributed by atoms with Crippen molar-refractivity contribution < 1.29 is 0 Å². The number of nitrogens with zero attached hydrogens (tertiary/aromatic N) is 1. The maximum Gasteiger partial charge on any atom is 0.0508 e. The summed E-state index contributed by atoms with van der Waals surface area (Å²) in [6, 6.07) is 5.22. The van der Waals surface area contributed by atoms with Crippen molar-refractivity contribution in [3.05, 3.63) is 21.9 Å². The van der Waals surface area contributed by atoms with Gasteiger partial charge in [-0.1, -0.05) is 33.1 Å². The summed E-state index contributed by atoms with van der Waals surface area (Å²) in [6.45, 7) is 9.12. The predicted molar refractivity (Wildman–Crippen MR) is 91.3 cm³/mol. The summed E-state index contributed by atoms with van der Waals surface area (Å²) in [5.41, 5.74) is 1.34. The first-order valence-electron chi connectivity index (χ1n) is 8.23. The standard InChI is InChI=1S/C18H29NS/c1-5-6-7-8-9-16-10-11-18(20-16)14(3)17-12-13(2)19-15(17)4/h10-11,14-15,17H,5-9,12H2,1-4H3/t14-,15?,17?/m1/s1. The monoisotopic (exact) mass is 291 g/mol. The van der Waals surface area contributed by atoms with Crippen LogP contribution in [-0.4, -0.2) is 11.8 Å². The molecule has 0 N–H and O–H groups in total. The number of aryl methyl sites for hydroxylation is 1. The molecule has 3 atom stereocenters. The summed E-state index contributed by atoms with van der Waals surface area (Å²) in [4.78, 5) is 7.86. The first-order valence-corrected chi connectivity index (χ1v) is 9.05. The second kappa shape index (κ2) is 7.40. The number of unbranched alkanes of at least 4 members (excludes halogenated alkanes) is 3. The maximum absolute atomic E-state index is 4.72. The lowest BCUT2D eigenvalue weighted by molar-refractivity contribution is 0.424. The van der Waals surface area contributed by atoms with Crippen molar-refractivity contribution in [3.63, 3.8) is 0 Å². The zero-order chi connectivity index (χ0) is 14.5. The quantitative estimate of drug-likeness (QED) is 0.559. The Hall–Kier alpha value is -0.630. The Balaban J connectivity index is 1.88. The third-order valence-corrected chi connectivity index (χ3v) is 5.97. The molecule has 2 heterocycles. The summed E-state index contributed by atoms with van der Waals surface area (Å²) in [7, 11) is 0. The topological polar surface area (TPSA) is 12.4 Å². The molecule has 112 valence electrons. The van der Waals surface area contributed by atoms with Gasteiger partial charge >= 0.3 is 0 Å². The summed E-state index contributed by atoms with van der Waals surface area (Å²) in [5.74, 6) is 1.36. The maximum atomic E-state index is 4.72. The Bertz CT molecular complexity index is 446. The second-order valence-electron chi connectivity index (χ2n) is 6.38. The molecule has 20 heavy (non-hydrogen) atoms. The number of hydrogen-bond donors (Lipinski definition) is 0. The van der Waals surface area contributed by atoms with Crippen LogP contribution in [0.1, 0.15) is 75.5 Å². The van der Waals surface area contributed by atoms with E-state index in [4.69, 9.17) is 4.99 Å². The molecule has 1 aromatic heterocycles. The highest BCUT2D eigenvalue weighted by atomic mass is 32.1. The van der Waals surface area contributed by atoms with E-state index in [9.17, 15) is 0 Å². The van der Waals surface area contributed by atoms with E-state index in [0.29, 0.717) is 17.9 Å². The number of hydrogen-bond acceptors (Lipinski definition) is 2. The van der Waals surface area contributed by atoms with E-state index in [1.165, 1.54) is 44.2 Å². The number of thiophene rings is 1. The molecule has 2 unspecified atom stereocenters. The van der Waals surface area contributed by atoms with E-state index in [1.807, 2.05) is 11.3 Å². The van der Waals surface area contributed by atoms with Crippen LogP contribution in [0.25, 0.3) is 0 Å². The van der Waals surface area contributed by atoms with E-state index in [0.717, 1.165) is 0 Å². The number of rotatable bonds is 7. The van der Waals surface area contributed by atoms with Crippen LogP contribution >= 0.6 is 11.3 Å². The summed E-state index contributed by atoms with van der Waals surface area (Å²) < 4.78 is 0. The summed E-state index contributed by atoms with van der Waals surface area (Å²) in [5, 5.41) is 0. The average molecular weight is 292 g/mol. The fourth-order valence-electron chi connectivity index (χ4n) is 3.31. The lowest BCUT2D eigenvalue weighted by Crippen LogP contribution is -2.16. The molecule has 1 aromatic rings. The van der Waals surface area contributed by atoms with E-state index < -0.39 is 0 Å². The minimum atomic E-state index is 0.500. The molecule has 2 rings (SSSR count). The summed E-state index contributed by atoms with van der Waals surface area (Å²) in [6.07, 6.45) is 7.89. The van der Waals surface area contributed by atoms with Gasteiger partial charge in [-0.05, 0) is 57.1 Å². The first kappa shape index (κ1) is 15.8. The van der Waals surface area contributed by atoms with E-state index in [1.54, 1.807) is 9.75 Å². The van der Waals surface area contributed by atoms with Crippen molar-refractivity contribution in [2.24, 2.45) is 10.9 Å². The van der Waals surface area contributed by atoms with Crippen LogP contribution in [0.2, 0.25) is 0 Å². The van der Waals surface area contributed by atoms with Crippen molar-refractivity contribution >= 4 is 17.0 Å². The van der Waals surface area contributed by atoms with Crippen LogP contribution in [0.4, 0.5) is 0 Å². The van der Waals surface area contributed by atoms with E-state index in [-0.39, 0.29) is 0 Å². The Kier molecular flexibility index (Phi) is 5.83. The molecule has 0 aromatic carbocycles. The fourth-order valence-corrected chi connectivity index (χ4v) is 4.49. The molecule has 0 fully saturated rings. The summed E-state index contributed by atoms with van der Waals surface area (Å²) >= 11 is 2.04. The van der Waals surface area contributed by atoms with Crippen LogP contribution in [0, 0.1) is 5.92 Å². The molecule has 0 saturated heterocycles. The van der Waals surface area contributed by atoms with Gasteiger partial charge in [-0.25, -0.2) is 0 Å². The third kappa shape index (κ3) is 3.94. The van der Waals surface area contributed by atoms with Crippen LogP contribution in [0.3, 0.4) is 0 Å². The van der Waals surface area contributed by atoms with Crippen molar-refractivity contribution in [1.82, 2.24) is 0 Å². The van der Waals surface area contributed by atoms with E-state index in [2.05, 4.69) is 39.8 Å². The van der Waals surface area contributed by atoms with Crippen LogP contribution in [0.15, 0.2) is 17.1 Å². The first-order chi connectivity index (χ1) is 9.61. The highest BCUT2D eigenvalue weighted by Crippen LogP contribution is 2.38. The van der Waals surface area contributed by atoms with Gasteiger partial charge in [0, 0.05) is 15.5 Å². The molecule has 0 spiro atoms. The Morgan fingerprint density at radius 2 is 2.10 bits per heavy atom. The molecule has 0 saturated carbocycles. The molecule has 1 aliphatic rings. The van der Waals surface area contributed by atoms with Gasteiger partial charge in [0.2, 0.25) is 0 Å². The van der Waals surface area contributed by atoms with Gasteiger partial charge in [0.15, 0.2) is 0 Å². The van der Waals surface area contributed by atoms with Crippen LogP contribution < -0.4 is 0 Å². The zero-order valence-electron chi connectivity index (χ0n) is 13.5. The average Bonchev–Trinajstić information content (AvgIpc) is 3.01. The molecule has 0 amide bonds. The zero-order valence-corrected chi connectivity index (χ0v) is 14.3. The largest absolute Gasteiger partial charge is 0.291 e. The molecular formula is C18H29NS. The molecule has 2 heteroatoms. The minimum Gasteiger partial charge on any atom is -0.291 e. The Morgan fingerprint density at radius 1 is 1.30 bits per heavy atom. The minimum absolute atomic E-state index is 0.500. The van der Waals surface area contributed by atoms with E-state index >= 15 is 0 Å². The molecular weight excluding hydrogens is 262 g/mol. The SMILES string of the molecule is CCCCCCc1ccc([C@H](C)C2CC(C)=NC2C)s1. The molecule has 1 aliphatic heterocycles. The van der Waals surface area contributed by atoms with Crippen molar-refractivity contribution in [1.29, 1.82) is 0 Å². The van der Waals surface area contributed by atoms with Gasteiger partial charge in [-0.3, -0.25) is 4.99 Å². The van der Waals surface area contributed by atoms with Crippen molar-refractivity contribution in [2.45, 2.75) is 78.2 Å². The van der Waals surface area contributed by atoms with Crippen LogP contribution in [-0.2, 0) is 6.42 Å². The van der Waals surface area contributed by atoms with Crippen LogP contribution in [0.5, 0.6) is 0 Å². The molecule has 0 aliphatic carbocycles. The molecule has 0 radical (unpaired) electrons. The van der Waals surface area contributed by atoms with Gasteiger partial charge in [0.05, 0.1) is 6.04 Å². The van der Waals surface area contributed by atoms with Gasteiger partial charge < -0.3 is 0 Å². The lowest BCUT2D eigenvalue weighted by Gasteiger charge is -2.21. The Morgan fingerprint density at radius 3 is 2.75 bits per heavy atom. The third-order valence-electron chi connectivity index (χ3n) is 4.62. The smallest absolute Gasteiger partial charge is 0.0508 e. The van der Waals surface area contributed by atoms with Gasteiger partial charge in [0.25, 0.3) is 0 Å².